The molecule has 1 aromatic heterocycles. The number of nitrogens with two attached hydrogens (primary N) is 2. The summed E-state index contributed by atoms with van der Waals surface area (Å²) in [6.45, 7) is 0. The number of benzene rings is 1. The summed E-state index contributed by atoms with van der Waals surface area (Å²) in [6.07, 6.45) is 2.21. The third-order valence-corrected chi connectivity index (χ3v) is 3.58. The van der Waals surface area contributed by atoms with Gasteiger partial charge in [-0.25, -0.2) is 9.37 Å². The number of rotatable bonds is 4. The molecule has 0 aliphatic carbocycles. The fourth-order valence-corrected chi connectivity index (χ4v) is 2.51. The van der Waals surface area contributed by atoms with E-state index in [-0.39, 0.29) is 11.9 Å². The van der Waals surface area contributed by atoms with Crippen LogP contribution in [-0.2, 0) is 6.42 Å². The molecule has 6 heteroatoms. The maximum atomic E-state index is 13.1. The van der Waals surface area contributed by atoms with Gasteiger partial charge in [0.05, 0.1) is 6.04 Å². The molecule has 2 rings (SSSR count). The monoisotopic (exact) mass is 324 g/mol. The van der Waals surface area contributed by atoms with E-state index in [1.807, 2.05) is 12.1 Å². The van der Waals surface area contributed by atoms with Crippen molar-refractivity contribution < 1.29 is 4.39 Å². The lowest BCUT2D eigenvalue weighted by molar-refractivity contribution is 0.547. The Morgan fingerprint density at radius 1 is 1.37 bits per heavy atom. The average molecular weight is 325 g/mol. The molecule has 0 amide bonds. The van der Waals surface area contributed by atoms with Gasteiger partial charge < -0.3 is 5.73 Å². The van der Waals surface area contributed by atoms with Crippen LogP contribution >= 0.6 is 15.9 Å². The Morgan fingerprint density at radius 3 is 2.79 bits per heavy atom. The molecule has 2 aromatic rings. The van der Waals surface area contributed by atoms with Crippen molar-refractivity contribution in [2.24, 2.45) is 5.84 Å². The van der Waals surface area contributed by atoms with Crippen LogP contribution in [0.4, 0.5) is 10.2 Å². The molecule has 0 aliphatic rings. The lowest BCUT2D eigenvalue weighted by atomic mass is 10.00. The van der Waals surface area contributed by atoms with Crippen molar-refractivity contribution in [3.05, 3.63) is 57.9 Å². The molecule has 0 fully saturated rings. The van der Waals surface area contributed by atoms with E-state index in [1.54, 1.807) is 12.3 Å². The lowest BCUT2D eigenvalue weighted by Crippen LogP contribution is -2.30. The van der Waals surface area contributed by atoms with E-state index in [1.165, 1.54) is 12.1 Å². The van der Waals surface area contributed by atoms with E-state index in [4.69, 9.17) is 11.6 Å². The van der Waals surface area contributed by atoms with Gasteiger partial charge in [0.15, 0.2) is 0 Å². The Hall–Kier alpha value is -1.50. The number of nitrogens with zero attached hydrogens (tertiary/aromatic N) is 1. The van der Waals surface area contributed by atoms with Crippen molar-refractivity contribution in [1.29, 1.82) is 0 Å². The van der Waals surface area contributed by atoms with Gasteiger partial charge in [0.25, 0.3) is 0 Å². The Labute approximate surface area is 119 Å². The molecular weight excluding hydrogens is 311 g/mol. The van der Waals surface area contributed by atoms with Crippen LogP contribution in [0.5, 0.6) is 0 Å². The summed E-state index contributed by atoms with van der Waals surface area (Å²) in [5, 5.41) is 0. The second kappa shape index (κ2) is 6.10. The predicted octanol–water partition coefficient (Wildman–Crippen LogP) is 2.31. The number of aromatic nitrogens is 1. The van der Waals surface area contributed by atoms with Gasteiger partial charge in [-0.2, -0.15) is 0 Å². The van der Waals surface area contributed by atoms with Gasteiger partial charge in [0.1, 0.15) is 11.6 Å². The third-order valence-electron chi connectivity index (χ3n) is 2.89. The maximum absolute atomic E-state index is 13.1. The molecule has 19 heavy (non-hydrogen) atoms. The molecule has 0 spiro atoms. The van der Waals surface area contributed by atoms with Gasteiger partial charge in [-0.15, -0.1) is 0 Å². The minimum atomic E-state index is -0.299. The Kier molecular flexibility index (Phi) is 4.47. The summed E-state index contributed by atoms with van der Waals surface area (Å²) in [6, 6.07) is 8.03. The summed E-state index contributed by atoms with van der Waals surface area (Å²) in [7, 11) is 0. The summed E-state index contributed by atoms with van der Waals surface area (Å²) in [5.74, 6) is 5.76. The second-order valence-electron chi connectivity index (χ2n) is 4.14. The van der Waals surface area contributed by atoms with Crippen molar-refractivity contribution in [2.75, 3.05) is 5.73 Å². The van der Waals surface area contributed by atoms with Gasteiger partial charge in [0.2, 0.25) is 0 Å². The van der Waals surface area contributed by atoms with E-state index in [9.17, 15) is 4.39 Å². The number of pyridine rings is 1. The first-order chi connectivity index (χ1) is 9.11. The highest BCUT2D eigenvalue weighted by molar-refractivity contribution is 9.10. The van der Waals surface area contributed by atoms with Crippen molar-refractivity contribution in [3.63, 3.8) is 0 Å². The van der Waals surface area contributed by atoms with Crippen LogP contribution in [0.25, 0.3) is 0 Å². The van der Waals surface area contributed by atoms with E-state index in [0.29, 0.717) is 16.7 Å². The normalized spacial score (nSPS) is 12.4. The minimum absolute atomic E-state index is 0.179. The van der Waals surface area contributed by atoms with Crippen molar-refractivity contribution in [3.8, 4) is 0 Å². The van der Waals surface area contributed by atoms with Crippen LogP contribution in [0, 0.1) is 5.82 Å². The molecule has 100 valence electrons. The van der Waals surface area contributed by atoms with Crippen LogP contribution in [0.2, 0.25) is 0 Å². The molecule has 1 heterocycles. The van der Waals surface area contributed by atoms with Crippen molar-refractivity contribution in [1.82, 2.24) is 10.4 Å². The van der Waals surface area contributed by atoms with Gasteiger partial charge in [-0.05, 0) is 35.7 Å². The fraction of sp³-hybridized carbons (Fsp3) is 0.154. The molecule has 0 saturated heterocycles. The molecule has 1 aromatic carbocycles. The molecule has 0 saturated carbocycles. The average Bonchev–Trinajstić information content (AvgIpc) is 2.39. The predicted molar refractivity (Wildman–Crippen MR) is 76.5 cm³/mol. The summed E-state index contributed by atoms with van der Waals surface area (Å²) in [5.41, 5.74) is 10.3. The zero-order valence-electron chi connectivity index (χ0n) is 10.1. The summed E-state index contributed by atoms with van der Waals surface area (Å²) < 4.78 is 13.8. The van der Waals surface area contributed by atoms with Crippen LogP contribution in [0.1, 0.15) is 17.2 Å². The number of halogens is 2. The number of hydrogen-bond donors (Lipinski definition) is 3. The van der Waals surface area contributed by atoms with Crippen molar-refractivity contribution in [2.45, 2.75) is 12.5 Å². The molecule has 4 nitrogen and oxygen atoms in total. The first-order valence-electron chi connectivity index (χ1n) is 5.72. The first kappa shape index (κ1) is 13.9. The Bertz CT molecular complexity index is 576. The number of hydrogen-bond acceptors (Lipinski definition) is 4. The van der Waals surface area contributed by atoms with Gasteiger partial charge in [-0.1, -0.05) is 28.1 Å². The standard InChI is InChI=1S/C13H14BrFN4/c14-11-7-9(15)3-4-10(11)12(19-17)6-8-2-1-5-18-13(8)16/h1-5,7,12,19H,6,17H2,(H2,16,18). The SMILES string of the molecule is NNC(Cc1cccnc1N)c1ccc(F)cc1Br. The van der Waals surface area contributed by atoms with Crippen LogP contribution in [-0.4, -0.2) is 4.98 Å². The lowest BCUT2D eigenvalue weighted by Gasteiger charge is -2.18. The van der Waals surface area contributed by atoms with Crippen LogP contribution < -0.4 is 17.0 Å². The first-order valence-corrected chi connectivity index (χ1v) is 6.51. The number of hydrazine groups is 1. The number of anilines is 1. The van der Waals surface area contributed by atoms with Gasteiger partial charge in [-0.3, -0.25) is 11.3 Å². The maximum Gasteiger partial charge on any atom is 0.126 e. The highest BCUT2D eigenvalue weighted by Gasteiger charge is 2.15. The van der Waals surface area contributed by atoms with E-state index >= 15 is 0 Å². The van der Waals surface area contributed by atoms with Gasteiger partial charge >= 0.3 is 0 Å². The third kappa shape index (κ3) is 3.28. The zero-order chi connectivity index (χ0) is 13.8. The number of nitrogen functional groups attached to an aromatic ring is 1. The summed E-state index contributed by atoms with van der Waals surface area (Å²) in [4.78, 5) is 4.03. The smallest absolute Gasteiger partial charge is 0.126 e. The van der Waals surface area contributed by atoms with Crippen molar-refractivity contribution >= 4 is 21.7 Å². The van der Waals surface area contributed by atoms with E-state index < -0.39 is 0 Å². The minimum Gasteiger partial charge on any atom is -0.383 e. The molecule has 0 bridgehead atoms. The highest BCUT2D eigenvalue weighted by Crippen LogP contribution is 2.27. The zero-order valence-corrected chi connectivity index (χ0v) is 11.7. The van der Waals surface area contributed by atoms with E-state index in [2.05, 4.69) is 26.3 Å². The second-order valence-corrected chi connectivity index (χ2v) is 4.99. The molecule has 1 unspecified atom stereocenters. The molecular formula is C13H14BrFN4. The quantitative estimate of drug-likeness (QED) is 0.595. The summed E-state index contributed by atoms with van der Waals surface area (Å²) >= 11 is 3.34. The number of nitrogens with one attached hydrogen (secondary N) is 1. The molecule has 5 N–H and O–H groups in total. The van der Waals surface area contributed by atoms with E-state index in [0.717, 1.165) is 11.1 Å². The van der Waals surface area contributed by atoms with Gasteiger partial charge in [0, 0.05) is 10.7 Å². The van der Waals surface area contributed by atoms with Crippen LogP contribution in [0.3, 0.4) is 0 Å². The fourth-order valence-electron chi connectivity index (χ4n) is 1.89. The topological polar surface area (TPSA) is 77.0 Å². The molecule has 0 radical (unpaired) electrons. The van der Waals surface area contributed by atoms with Crippen LogP contribution in [0.15, 0.2) is 41.0 Å². The Morgan fingerprint density at radius 2 is 2.16 bits per heavy atom. The molecule has 1 atom stereocenters. The molecule has 0 aliphatic heterocycles. The highest BCUT2D eigenvalue weighted by atomic mass is 79.9. The largest absolute Gasteiger partial charge is 0.383 e. The Balaban J connectivity index is 2.28.